The third kappa shape index (κ3) is 3.96. The van der Waals surface area contributed by atoms with Crippen molar-refractivity contribution in [2.24, 2.45) is 0 Å². The van der Waals surface area contributed by atoms with E-state index in [0.717, 1.165) is 0 Å². The molecule has 11 rings (SSSR count). The molecular weight excluding hydrogens is 631 g/mol. The maximum absolute atomic E-state index is 2.50. The quantitative estimate of drug-likeness (QED) is 0.183. The van der Waals surface area contributed by atoms with Crippen LogP contribution in [-0.2, 0) is 5.41 Å². The number of aromatic nitrogens is 2. The van der Waals surface area contributed by atoms with Crippen LogP contribution in [-0.4, -0.2) is 9.13 Å². The number of anilines is 3. The zero-order valence-electron chi connectivity index (χ0n) is 29.1. The third-order valence-electron chi connectivity index (χ3n) is 11.5. The molecule has 1 aliphatic heterocycles. The molecular formula is C49H35N3. The first-order chi connectivity index (χ1) is 25.6. The van der Waals surface area contributed by atoms with Gasteiger partial charge in [0.25, 0.3) is 0 Å². The SMILES string of the molecule is CC1(C)c2cc(-n3c4ccccc4c4ccccc43)ccc2N(c2cccc3ccccc23)c2ccc(-n3c4ccccc4c4ccccc43)cc21. The van der Waals surface area contributed by atoms with E-state index >= 15 is 0 Å². The smallest absolute Gasteiger partial charge is 0.0541 e. The number of nitrogens with zero attached hydrogens (tertiary/aromatic N) is 3. The standard InChI is InChI=1S/C49H35N3/c1-49(2)40-30-33(50-43-21-9-5-17-36(43)37-18-6-10-22-44(37)50)26-28-47(40)52(42-25-13-15-32-14-3-4-16-35(32)42)48-29-27-34(31-41(48)49)51-45-23-11-7-19-38(45)39-20-8-12-24-46(39)51/h3-31H,1-2H3. The maximum atomic E-state index is 2.50. The first kappa shape index (κ1) is 29.2. The van der Waals surface area contributed by atoms with Gasteiger partial charge in [0.15, 0.2) is 0 Å². The van der Waals surface area contributed by atoms with Gasteiger partial charge in [-0.1, -0.05) is 123 Å². The van der Waals surface area contributed by atoms with Crippen molar-refractivity contribution >= 4 is 71.4 Å². The highest BCUT2D eigenvalue weighted by molar-refractivity contribution is 6.10. The highest BCUT2D eigenvalue weighted by Gasteiger charge is 2.38. The summed E-state index contributed by atoms with van der Waals surface area (Å²) in [7, 11) is 0. The van der Waals surface area contributed by atoms with Crippen molar-refractivity contribution in [1.29, 1.82) is 0 Å². The minimum Gasteiger partial charge on any atom is -0.309 e. The van der Waals surface area contributed by atoms with E-state index in [2.05, 4.69) is 204 Å². The van der Waals surface area contributed by atoms with Crippen molar-refractivity contribution in [3.8, 4) is 11.4 Å². The summed E-state index contributed by atoms with van der Waals surface area (Å²) in [6, 6.07) is 64.7. The second-order valence-corrected chi connectivity index (χ2v) is 14.6. The average molecular weight is 666 g/mol. The number of hydrogen-bond acceptors (Lipinski definition) is 1. The summed E-state index contributed by atoms with van der Waals surface area (Å²) in [6.45, 7) is 4.80. The van der Waals surface area contributed by atoms with Crippen LogP contribution in [0.2, 0.25) is 0 Å². The second-order valence-electron chi connectivity index (χ2n) is 14.6. The zero-order valence-corrected chi connectivity index (χ0v) is 29.1. The van der Waals surface area contributed by atoms with Gasteiger partial charge in [-0.05, 0) is 83.2 Å². The molecule has 3 heteroatoms. The highest BCUT2D eigenvalue weighted by atomic mass is 15.2. The number of benzene rings is 8. The van der Waals surface area contributed by atoms with Crippen LogP contribution < -0.4 is 4.90 Å². The van der Waals surface area contributed by atoms with Crippen molar-refractivity contribution in [2.45, 2.75) is 19.3 Å². The molecule has 1 aliphatic rings. The summed E-state index contributed by atoms with van der Waals surface area (Å²) in [5.74, 6) is 0. The van der Waals surface area contributed by atoms with Gasteiger partial charge < -0.3 is 14.0 Å². The summed E-state index contributed by atoms with van der Waals surface area (Å²) in [5.41, 5.74) is 13.1. The topological polar surface area (TPSA) is 13.1 Å². The third-order valence-corrected chi connectivity index (χ3v) is 11.5. The average Bonchev–Trinajstić information content (AvgIpc) is 3.71. The van der Waals surface area contributed by atoms with Gasteiger partial charge in [0.2, 0.25) is 0 Å². The van der Waals surface area contributed by atoms with E-state index in [-0.39, 0.29) is 5.41 Å². The van der Waals surface area contributed by atoms with E-state index in [1.807, 2.05) is 0 Å². The van der Waals surface area contributed by atoms with Crippen molar-refractivity contribution in [2.75, 3.05) is 4.90 Å². The predicted molar refractivity (Wildman–Crippen MR) is 219 cm³/mol. The van der Waals surface area contributed by atoms with Crippen LogP contribution in [0.25, 0.3) is 65.8 Å². The van der Waals surface area contributed by atoms with Crippen molar-refractivity contribution < 1.29 is 0 Å². The lowest BCUT2D eigenvalue weighted by atomic mass is 9.73. The molecule has 246 valence electrons. The predicted octanol–water partition coefficient (Wildman–Crippen LogP) is 13.1. The number of para-hydroxylation sites is 4. The van der Waals surface area contributed by atoms with E-state index in [4.69, 9.17) is 0 Å². The first-order valence-corrected chi connectivity index (χ1v) is 18.1. The lowest BCUT2D eigenvalue weighted by Crippen LogP contribution is -2.31. The Bertz CT molecular complexity index is 2790. The van der Waals surface area contributed by atoms with Gasteiger partial charge >= 0.3 is 0 Å². The van der Waals surface area contributed by atoms with Crippen LogP contribution in [0.1, 0.15) is 25.0 Å². The normalized spacial score (nSPS) is 13.7. The van der Waals surface area contributed by atoms with Crippen molar-refractivity contribution in [1.82, 2.24) is 9.13 Å². The maximum Gasteiger partial charge on any atom is 0.0541 e. The molecule has 0 saturated heterocycles. The van der Waals surface area contributed by atoms with Crippen molar-refractivity contribution in [3.05, 3.63) is 187 Å². The molecule has 0 fully saturated rings. The fraction of sp³-hybridized carbons (Fsp3) is 0.0612. The molecule has 0 aliphatic carbocycles. The molecule has 0 radical (unpaired) electrons. The number of fused-ring (bicyclic) bond motifs is 9. The summed E-state index contributed by atoms with van der Waals surface area (Å²) in [4.78, 5) is 2.50. The first-order valence-electron chi connectivity index (χ1n) is 18.1. The van der Waals surface area contributed by atoms with Gasteiger partial charge in [0, 0.05) is 43.7 Å². The Hall–Kier alpha value is -6.58. The van der Waals surface area contributed by atoms with Crippen LogP contribution in [0.4, 0.5) is 17.1 Å². The monoisotopic (exact) mass is 665 g/mol. The molecule has 0 spiro atoms. The van der Waals surface area contributed by atoms with E-state index in [1.54, 1.807) is 0 Å². The molecule has 0 saturated carbocycles. The van der Waals surface area contributed by atoms with Crippen LogP contribution in [0.3, 0.4) is 0 Å². The van der Waals surface area contributed by atoms with Crippen LogP contribution in [0.15, 0.2) is 176 Å². The zero-order chi connectivity index (χ0) is 34.6. The van der Waals surface area contributed by atoms with Crippen LogP contribution in [0, 0.1) is 0 Å². The van der Waals surface area contributed by atoms with E-state index in [0.29, 0.717) is 0 Å². The Balaban J connectivity index is 1.20. The molecule has 3 heterocycles. The van der Waals surface area contributed by atoms with Crippen LogP contribution in [0.5, 0.6) is 0 Å². The van der Waals surface area contributed by atoms with Gasteiger partial charge in [-0.2, -0.15) is 0 Å². The molecule has 52 heavy (non-hydrogen) atoms. The fourth-order valence-electron chi connectivity index (χ4n) is 9.06. The van der Waals surface area contributed by atoms with Gasteiger partial charge in [0.1, 0.15) is 0 Å². The summed E-state index contributed by atoms with van der Waals surface area (Å²) >= 11 is 0. The van der Waals surface area contributed by atoms with Crippen LogP contribution >= 0.6 is 0 Å². The Morgan fingerprint density at radius 2 is 0.731 bits per heavy atom. The van der Waals surface area contributed by atoms with Gasteiger partial charge in [0.05, 0.1) is 39.1 Å². The summed E-state index contributed by atoms with van der Waals surface area (Å²) in [6.07, 6.45) is 0. The van der Waals surface area contributed by atoms with Gasteiger partial charge in [-0.15, -0.1) is 0 Å². The Labute approximate surface area is 302 Å². The second kappa shape index (κ2) is 10.7. The molecule has 3 nitrogen and oxygen atoms in total. The number of rotatable bonds is 3. The molecule has 2 aromatic heterocycles. The van der Waals surface area contributed by atoms with Gasteiger partial charge in [-0.25, -0.2) is 0 Å². The fourth-order valence-corrected chi connectivity index (χ4v) is 9.06. The van der Waals surface area contributed by atoms with Crippen molar-refractivity contribution in [3.63, 3.8) is 0 Å². The molecule has 0 unspecified atom stereocenters. The Morgan fingerprint density at radius 1 is 0.346 bits per heavy atom. The Kier molecular flexibility index (Phi) is 6.01. The minimum absolute atomic E-state index is 0.310. The minimum atomic E-state index is -0.310. The molecule has 0 N–H and O–H groups in total. The molecule has 10 aromatic rings. The molecule has 8 aromatic carbocycles. The molecule has 0 bridgehead atoms. The van der Waals surface area contributed by atoms with Gasteiger partial charge in [-0.3, -0.25) is 0 Å². The molecule has 0 amide bonds. The Morgan fingerprint density at radius 3 is 1.19 bits per heavy atom. The highest BCUT2D eigenvalue weighted by Crippen LogP contribution is 2.54. The van der Waals surface area contributed by atoms with E-state index in [9.17, 15) is 0 Å². The lowest BCUT2D eigenvalue weighted by Gasteiger charge is -2.43. The molecule has 0 atom stereocenters. The summed E-state index contributed by atoms with van der Waals surface area (Å²) < 4.78 is 4.88. The number of hydrogen-bond donors (Lipinski definition) is 0. The van der Waals surface area contributed by atoms with E-state index < -0.39 is 0 Å². The summed E-state index contributed by atoms with van der Waals surface area (Å²) in [5, 5.41) is 7.56. The lowest BCUT2D eigenvalue weighted by molar-refractivity contribution is 0.631. The largest absolute Gasteiger partial charge is 0.309 e. The van der Waals surface area contributed by atoms with E-state index in [1.165, 1.54) is 93.9 Å².